The molecule has 0 aliphatic carbocycles. The van der Waals surface area contributed by atoms with Crippen molar-refractivity contribution in [3.05, 3.63) is 54.7 Å². The fourth-order valence-corrected chi connectivity index (χ4v) is 3.89. The number of rotatable bonds is 15. The van der Waals surface area contributed by atoms with Crippen LogP contribution in [0.3, 0.4) is 0 Å². The molecular formula is C24H34N10O5. The van der Waals surface area contributed by atoms with E-state index in [4.69, 9.17) is 5.73 Å². The number of hydrogen-bond donors (Lipinski definition) is 8. The molecule has 0 spiro atoms. The fraction of sp³-hybridized carbons (Fsp3) is 0.458. The number of aromatic amines is 3. The van der Waals surface area contributed by atoms with Gasteiger partial charge in [-0.3, -0.25) is 14.4 Å². The van der Waals surface area contributed by atoms with Crippen molar-refractivity contribution in [2.75, 3.05) is 0 Å². The SMILES string of the molecule is CC(C)CC(NC(=O)C(Cc1cnc[nH]1)NC(=O)C(Cc1cnc[nH]1)NC(=O)C(N)Cc1cnc[nH]1)C(=O)O. The molecule has 0 saturated carbocycles. The number of hydrogen-bond acceptors (Lipinski definition) is 8. The van der Waals surface area contributed by atoms with E-state index in [9.17, 15) is 24.3 Å². The molecule has 0 fully saturated rings. The van der Waals surface area contributed by atoms with Crippen LogP contribution in [0.2, 0.25) is 0 Å². The molecule has 9 N–H and O–H groups in total. The molecule has 3 heterocycles. The Bertz CT molecular complexity index is 1190. The number of carbonyl (C=O) groups excluding carboxylic acids is 3. The average molecular weight is 543 g/mol. The van der Waals surface area contributed by atoms with Crippen molar-refractivity contribution < 1.29 is 24.3 Å². The molecule has 3 amide bonds. The molecule has 3 rings (SSSR count). The highest BCUT2D eigenvalue weighted by atomic mass is 16.4. The summed E-state index contributed by atoms with van der Waals surface area (Å²) in [5.74, 6) is -3.11. The summed E-state index contributed by atoms with van der Waals surface area (Å²) in [6.07, 6.45) is 9.30. The maximum Gasteiger partial charge on any atom is 0.326 e. The van der Waals surface area contributed by atoms with Gasteiger partial charge in [0, 0.05) is 54.9 Å². The van der Waals surface area contributed by atoms with Gasteiger partial charge in [-0.2, -0.15) is 0 Å². The molecule has 15 heteroatoms. The predicted octanol–water partition coefficient (Wildman–Crippen LogP) is -1.20. The van der Waals surface area contributed by atoms with Gasteiger partial charge in [-0.25, -0.2) is 19.7 Å². The van der Waals surface area contributed by atoms with Crippen LogP contribution in [0.5, 0.6) is 0 Å². The second-order valence-corrected chi connectivity index (χ2v) is 9.60. The van der Waals surface area contributed by atoms with Gasteiger partial charge in [0.1, 0.15) is 18.1 Å². The number of nitrogens with two attached hydrogens (primary N) is 1. The number of amides is 3. The lowest BCUT2D eigenvalue weighted by atomic mass is 10.0. The van der Waals surface area contributed by atoms with Crippen LogP contribution < -0.4 is 21.7 Å². The van der Waals surface area contributed by atoms with Gasteiger partial charge in [0.15, 0.2) is 0 Å². The molecule has 210 valence electrons. The van der Waals surface area contributed by atoms with Gasteiger partial charge in [-0.15, -0.1) is 0 Å². The average Bonchev–Trinajstić information content (AvgIpc) is 3.67. The van der Waals surface area contributed by atoms with Gasteiger partial charge in [-0.05, 0) is 12.3 Å². The summed E-state index contributed by atoms with van der Waals surface area (Å²) >= 11 is 0. The normalized spacial score (nSPS) is 14.3. The molecule has 4 atom stereocenters. The lowest BCUT2D eigenvalue weighted by Crippen LogP contribution is -2.58. The van der Waals surface area contributed by atoms with Gasteiger partial charge in [-0.1, -0.05) is 13.8 Å². The first-order valence-corrected chi connectivity index (χ1v) is 12.4. The summed E-state index contributed by atoms with van der Waals surface area (Å²) < 4.78 is 0. The minimum atomic E-state index is -1.18. The summed E-state index contributed by atoms with van der Waals surface area (Å²) in [5, 5.41) is 17.4. The van der Waals surface area contributed by atoms with E-state index in [1.54, 1.807) is 6.20 Å². The third-order valence-electron chi connectivity index (χ3n) is 5.88. The Kier molecular flexibility index (Phi) is 10.3. The van der Waals surface area contributed by atoms with Crippen molar-refractivity contribution in [1.82, 2.24) is 45.9 Å². The summed E-state index contributed by atoms with van der Waals surface area (Å²) in [5.41, 5.74) is 7.81. The first-order valence-electron chi connectivity index (χ1n) is 12.4. The first kappa shape index (κ1) is 29.0. The number of nitrogens with one attached hydrogen (secondary N) is 6. The number of nitrogens with zero attached hydrogens (tertiary/aromatic N) is 3. The molecule has 0 aliphatic heterocycles. The Hall–Kier alpha value is -4.53. The summed E-state index contributed by atoms with van der Waals surface area (Å²) in [4.78, 5) is 71.6. The van der Waals surface area contributed by atoms with Crippen LogP contribution in [0, 0.1) is 5.92 Å². The standard InChI is InChI=1S/C24H34N10O5/c1-13(2)3-20(24(38)39)34-23(37)19(6-16-9-28-12-31-16)33-22(36)18(5-15-8-27-11-30-15)32-21(35)17(25)4-14-7-26-10-29-14/h7-13,17-20H,3-6,25H2,1-2H3,(H,26,29)(H,27,30)(H,28,31)(H,32,35)(H,33,36)(H,34,37)(H,38,39). The van der Waals surface area contributed by atoms with E-state index < -0.39 is 47.9 Å². The van der Waals surface area contributed by atoms with Crippen molar-refractivity contribution in [3.8, 4) is 0 Å². The topological polar surface area (TPSA) is 237 Å². The molecule has 0 bridgehead atoms. The van der Waals surface area contributed by atoms with Crippen LogP contribution in [0.15, 0.2) is 37.6 Å². The molecule has 0 aromatic carbocycles. The fourth-order valence-electron chi connectivity index (χ4n) is 3.89. The van der Waals surface area contributed by atoms with Crippen molar-refractivity contribution in [1.29, 1.82) is 0 Å². The number of carboxylic acid groups (broad SMARTS) is 1. The Morgan fingerprint density at radius 3 is 1.54 bits per heavy atom. The second-order valence-electron chi connectivity index (χ2n) is 9.60. The molecule has 3 aromatic rings. The highest BCUT2D eigenvalue weighted by Gasteiger charge is 2.31. The minimum Gasteiger partial charge on any atom is -0.480 e. The molecule has 15 nitrogen and oxygen atoms in total. The third-order valence-corrected chi connectivity index (χ3v) is 5.88. The smallest absolute Gasteiger partial charge is 0.326 e. The second kappa shape index (κ2) is 13.9. The van der Waals surface area contributed by atoms with E-state index in [0.29, 0.717) is 17.1 Å². The number of carbonyl (C=O) groups is 4. The highest BCUT2D eigenvalue weighted by Crippen LogP contribution is 2.08. The predicted molar refractivity (Wildman–Crippen MR) is 138 cm³/mol. The van der Waals surface area contributed by atoms with E-state index in [-0.39, 0.29) is 31.6 Å². The summed E-state index contributed by atoms with van der Waals surface area (Å²) in [6.45, 7) is 3.68. The number of H-pyrrole nitrogens is 3. The van der Waals surface area contributed by atoms with Gasteiger partial charge in [0.2, 0.25) is 17.7 Å². The van der Waals surface area contributed by atoms with Crippen molar-refractivity contribution in [2.45, 2.75) is 63.7 Å². The largest absolute Gasteiger partial charge is 0.480 e. The van der Waals surface area contributed by atoms with E-state index in [1.165, 1.54) is 31.4 Å². The third kappa shape index (κ3) is 9.07. The zero-order valence-electron chi connectivity index (χ0n) is 21.7. The summed E-state index contributed by atoms with van der Waals surface area (Å²) in [7, 11) is 0. The van der Waals surface area contributed by atoms with Crippen LogP contribution in [0.25, 0.3) is 0 Å². The van der Waals surface area contributed by atoms with Crippen LogP contribution in [-0.4, -0.2) is 82.9 Å². The molecule has 4 unspecified atom stereocenters. The number of carboxylic acids is 1. The van der Waals surface area contributed by atoms with E-state index >= 15 is 0 Å². The van der Waals surface area contributed by atoms with Gasteiger partial charge >= 0.3 is 5.97 Å². The zero-order valence-corrected chi connectivity index (χ0v) is 21.7. The number of aliphatic carboxylic acids is 1. The molecule has 0 aliphatic rings. The van der Waals surface area contributed by atoms with E-state index in [0.717, 1.165) is 0 Å². The minimum absolute atomic E-state index is 0.00649. The van der Waals surface area contributed by atoms with Crippen molar-refractivity contribution in [3.63, 3.8) is 0 Å². The van der Waals surface area contributed by atoms with Crippen LogP contribution in [-0.2, 0) is 38.4 Å². The maximum atomic E-state index is 13.4. The van der Waals surface area contributed by atoms with E-state index in [2.05, 4.69) is 45.9 Å². The van der Waals surface area contributed by atoms with Crippen molar-refractivity contribution >= 4 is 23.7 Å². The Morgan fingerprint density at radius 2 is 1.15 bits per heavy atom. The van der Waals surface area contributed by atoms with Crippen LogP contribution >= 0.6 is 0 Å². The summed E-state index contributed by atoms with van der Waals surface area (Å²) in [6, 6.07) is -4.39. The monoisotopic (exact) mass is 542 g/mol. The van der Waals surface area contributed by atoms with Gasteiger partial charge in [0.05, 0.1) is 25.0 Å². The van der Waals surface area contributed by atoms with Crippen molar-refractivity contribution in [2.24, 2.45) is 11.7 Å². The Balaban J connectivity index is 1.76. The number of aromatic nitrogens is 6. The Labute approximate surface area is 224 Å². The van der Waals surface area contributed by atoms with Gasteiger partial charge in [0.25, 0.3) is 0 Å². The Morgan fingerprint density at radius 1 is 0.744 bits per heavy atom. The highest BCUT2D eigenvalue weighted by molar-refractivity contribution is 5.94. The molecular weight excluding hydrogens is 508 g/mol. The lowest BCUT2D eigenvalue weighted by Gasteiger charge is -2.25. The molecule has 0 radical (unpaired) electrons. The lowest BCUT2D eigenvalue weighted by molar-refractivity contribution is -0.142. The molecule has 3 aromatic heterocycles. The van der Waals surface area contributed by atoms with E-state index in [1.807, 2.05) is 13.8 Å². The molecule has 0 saturated heterocycles. The maximum absolute atomic E-state index is 13.4. The first-order chi connectivity index (χ1) is 18.6. The zero-order chi connectivity index (χ0) is 28.4. The van der Waals surface area contributed by atoms with Crippen LogP contribution in [0.1, 0.15) is 37.4 Å². The number of imidazole rings is 3. The van der Waals surface area contributed by atoms with Crippen LogP contribution in [0.4, 0.5) is 0 Å². The molecule has 39 heavy (non-hydrogen) atoms. The van der Waals surface area contributed by atoms with Gasteiger partial charge < -0.3 is 41.7 Å². The quantitative estimate of drug-likeness (QED) is 0.115.